The van der Waals surface area contributed by atoms with E-state index in [1.165, 1.54) is 6.33 Å². The largest absolute Gasteiger partial charge is 0.435 e. The molecular weight excluding hydrogens is 386 g/mol. The van der Waals surface area contributed by atoms with Crippen molar-refractivity contribution in [3.63, 3.8) is 0 Å². The number of nitrogens with two attached hydrogens (primary N) is 1. The van der Waals surface area contributed by atoms with E-state index in [9.17, 15) is 0 Å². The minimum Gasteiger partial charge on any atom is -0.435 e. The first kappa shape index (κ1) is 16.0. The molecule has 3 aromatic rings. The lowest BCUT2D eigenvalue weighted by Gasteiger charge is -2.28. The van der Waals surface area contributed by atoms with Gasteiger partial charge in [0.2, 0.25) is 5.88 Å². The summed E-state index contributed by atoms with van der Waals surface area (Å²) in [6.07, 6.45) is 3.19. The van der Waals surface area contributed by atoms with E-state index in [1.54, 1.807) is 6.20 Å². The van der Waals surface area contributed by atoms with Gasteiger partial charge in [-0.05, 0) is 18.2 Å². The number of pyridine rings is 1. The Kier molecular flexibility index (Phi) is 4.37. The van der Waals surface area contributed by atoms with Crippen LogP contribution in [0.5, 0.6) is 11.6 Å². The van der Waals surface area contributed by atoms with E-state index in [4.69, 9.17) is 15.2 Å². The molecule has 0 bridgehead atoms. The molecule has 7 nitrogen and oxygen atoms in total. The number of fused-ring (bicyclic) bond motifs is 1. The summed E-state index contributed by atoms with van der Waals surface area (Å²) in [4.78, 5) is 15.0. The van der Waals surface area contributed by atoms with E-state index in [-0.39, 0.29) is 0 Å². The van der Waals surface area contributed by atoms with Gasteiger partial charge in [0.25, 0.3) is 0 Å². The Labute approximate surface area is 152 Å². The summed E-state index contributed by atoms with van der Waals surface area (Å²) in [7, 11) is 0. The third-order valence-corrected chi connectivity index (χ3v) is 4.71. The topological polar surface area (TPSA) is 86.4 Å². The first-order chi connectivity index (χ1) is 12.2. The SMILES string of the molecule is Nc1c(Oc2ccc(Br)c3cccnc23)ncnc1N1CCOCC1. The number of ether oxygens (including phenoxy) is 2. The molecule has 0 spiro atoms. The standard InChI is InChI=1S/C17H16BrN5O2/c18-12-3-4-13(15-11(12)2-1-5-20-15)25-17-14(19)16(21-10-22-17)23-6-8-24-9-7-23/h1-5,10H,6-9,19H2. The van der Waals surface area contributed by atoms with Crippen molar-refractivity contribution in [2.75, 3.05) is 36.9 Å². The molecule has 1 aromatic carbocycles. The minimum atomic E-state index is 0.325. The molecule has 4 rings (SSSR count). The first-order valence-corrected chi connectivity index (χ1v) is 8.67. The predicted molar refractivity (Wildman–Crippen MR) is 99.0 cm³/mol. The number of nitrogen functional groups attached to an aromatic ring is 1. The van der Waals surface area contributed by atoms with E-state index in [0.717, 1.165) is 28.5 Å². The molecule has 3 heterocycles. The maximum Gasteiger partial charge on any atom is 0.248 e. The quantitative estimate of drug-likeness (QED) is 0.721. The molecule has 128 valence electrons. The van der Waals surface area contributed by atoms with Crippen LogP contribution in [0.25, 0.3) is 10.9 Å². The second-order valence-electron chi connectivity index (χ2n) is 5.56. The predicted octanol–water partition coefficient (Wildman–Crippen LogP) is 3.00. The fraction of sp³-hybridized carbons (Fsp3) is 0.235. The van der Waals surface area contributed by atoms with Crippen LogP contribution in [0, 0.1) is 0 Å². The van der Waals surface area contributed by atoms with Crippen molar-refractivity contribution in [1.82, 2.24) is 15.0 Å². The number of halogens is 1. The van der Waals surface area contributed by atoms with Crippen LogP contribution in [-0.2, 0) is 4.74 Å². The highest BCUT2D eigenvalue weighted by atomic mass is 79.9. The van der Waals surface area contributed by atoms with Crippen molar-refractivity contribution in [3.8, 4) is 11.6 Å². The summed E-state index contributed by atoms with van der Waals surface area (Å²) < 4.78 is 12.3. The van der Waals surface area contributed by atoms with E-state index in [2.05, 4.69) is 35.8 Å². The number of anilines is 2. The van der Waals surface area contributed by atoms with Gasteiger partial charge in [0, 0.05) is 29.1 Å². The maximum absolute atomic E-state index is 6.27. The van der Waals surface area contributed by atoms with Gasteiger partial charge in [0.05, 0.1) is 13.2 Å². The number of aromatic nitrogens is 3. The summed E-state index contributed by atoms with van der Waals surface area (Å²) in [6, 6.07) is 7.61. The highest BCUT2D eigenvalue weighted by Crippen LogP contribution is 2.36. The molecule has 0 atom stereocenters. The molecule has 1 aliphatic rings. The van der Waals surface area contributed by atoms with E-state index in [1.807, 2.05) is 24.3 Å². The van der Waals surface area contributed by atoms with E-state index in [0.29, 0.717) is 36.3 Å². The maximum atomic E-state index is 6.27. The Morgan fingerprint density at radius 1 is 1.12 bits per heavy atom. The molecule has 0 amide bonds. The average Bonchev–Trinajstić information content (AvgIpc) is 2.66. The van der Waals surface area contributed by atoms with Gasteiger partial charge in [-0.2, -0.15) is 4.98 Å². The fourth-order valence-corrected chi connectivity index (χ4v) is 3.23. The van der Waals surface area contributed by atoms with Gasteiger partial charge in [0.15, 0.2) is 11.6 Å². The number of morpholine rings is 1. The van der Waals surface area contributed by atoms with Crippen molar-refractivity contribution in [1.29, 1.82) is 0 Å². The van der Waals surface area contributed by atoms with Gasteiger partial charge in [-0.3, -0.25) is 4.98 Å². The molecule has 0 saturated carbocycles. The lowest BCUT2D eigenvalue weighted by atomic mass is 10.2. The summed E-state index contributed by atoms with van der Waals surface area (Å²) >= 11 is 3.53. The Morgan fingerprint density at radius 2 is 1.96 bits per heavy atom. The monoisotopic (exact) mass is 401 g/mol. The smallest absolute Gasteiger partial charge is 0.248 e. The van der Waals surface area contributed by atoms with Crippen LogP contribution in [-0.4, -0.2) is 41.3 Å². The Hall–Kier alpha value is -2.45. The fourth-order valence-electron chi connectivity index (χ4n) is 2.78. The number of benzene rings is 1. The van der Waals surface area contributed by atoms with Crippen molar-refractivity contribution in [2.45, 2.75) is 0 Å². The summed E-state index contributed by atoms with van der Waals surface area (Å²) in [5, 5.41) is 0.959. The second-order valence-corrected chi connectivity index (χ2v) is 6.42. The van der Waals surface area contributed by atoms with Gasteiger partial charge in [-0.25, -0.2) is 4.98 Å². The van der Waals surface area contributed by atoms with Gasteiger partial charge in [-0.15, -0.1) is 0 Å². The lowest BCUT2D eigenvalue weighted by Crippen LogP contribution is -2.37. The summed E-state index contributed by atoms with van der Waals surface area (Å²) in [5.74, 6) is 1.59. The number of hydrogen-bond donors (Lipinski definition) is 1. The zero-order valence-corrected chi connectivity index (χ0v) is 14.9. The number of hydrogen-bond acceptors (Lipinski definition) is 7. The zero-order valence-electron chi connectivity index (χ0n) is 13.4. The van der Waals surface area contributed by atoms with Gasteiger partial charge < -0.3 is 20.1 Å². The highest BCUT2D eigenvalue weighted by Gasteiger charge is 2.19. The average molecular weight is 402 g/mol. The molecule has 8 heteroatoms. The third kappa shape index (κ3) is 3.10. The molecule has 1 saturated heterocycles. The normalized spacial score (nSPS) is 14.7. The third-order valence-electron chi connectivity index (χ3n) is 4.02. The van der Waals surface area contributed by atoms with E-state index >= 15 is 0 Å². The zero-order chi connectivity index (χ0) is 17.2. The lowest BCUT2D eigenvalue weighted by molar-refractivity contribution is 0.122. The molecule has 2 N–H and O–H groups in total. The Morgan fingerprint density at radius 3 is 2.80 bits per heavy atom. The van der Waals surface area contributed by atoms with Gasteiger partial charge >= 0.3 is 0 Å². The van der Waals surface area contributed by atoms with Crippen molar-refractivity contribution in [2.24, 2.45) is 0 Å². The van der Waals surface area contributed by atoms with Crippen LogP contribution in [0.3, 0.4) is 0 Å². The molecular formula is C17H16BrN5O2. The van der Waals surface area contributed by atoms with E-state index < -0.39 is 0 Å². The van der Waals surface area contributed by atoms with Crippen molar-refractivity contribution >= 4 is 38.3 Å². The number of nitrogens with zero attached hydrogens (tertiary/aromatic N) is 4. The van der Waals surface area contributed by atoms with Crippen LogP contribution in [0.1, 0.15) is 0 Å². The Balaban J connectivity index is 1.71. The summed E-state index contributed by atoms with van der Waals surface area (Å²) in [6.45, 7) is 2.79. The summed E-state index contributed by atoms with van der Waals surface area (Å²) in [5.41, 5.74) is 7.43. The van der Waals surface area contributed by atoms with Crippen molar-refractivity contribution < 1.29 is 9.47 Å². The molecule has 0 radical (unpaired) electrons. The highest BCUT2D eigenvalue weighted by molar-refractivity contribution is 9.10. The molecule has 25 heavy (non-hydrogen) atoms. The second kappa shape index (κ2) is 6.81. The molecule has 1 aliphatic heterocycles. The van der Waals surface area contributed by atoms with Crippen LogP contribution < -0.4 is 15.4 Å². The molecule has 0 unspecified atom stereocenters. The molecule has 0 aliphatic carbocycles. The van der Waals surface area contributed by atoms with Crippen LogP contribution in [0.2, 0.25) is 0 Å². The van der Waals surface area contributed by atoms with Crippen molar-refractivity contribution in [3.05, 3.63) is 41.3 Å². The minimum absolute atomic E-state index is 0.325. The molecule has 1 fully saturated rings. The van der Waals surface area contributed by atoms with Crippen LogP contribution in [0.4, 0.5) is 11.5 Å². The van der Waals surface area contributed by atoms with Crippen LogP contribution >= 0.6 is 15.9 Å². The Bertz CT molecular complexity index is 915. The first-order valence-electron chi connectivity index (χ1n) is 7.88. The van der Waals surface area contributed by atoms with Gasteiger partial charge in [0.1, 0.15) is 17.5 Å². The van der Waals surface area contributed by atoms with Gasteiger partial charge in [-0.1, -0.05) is 22.0 Å². The molecule has 2 aromatic heterocycles. The van der Waals surface area contributed by atoms with Crippen LogP contribution in [0.15, 0.2) is 41.3 Å². The number of rotatable bonds is 3.